The van der Waals surface area contributed by atoms with Crippen molar-refractivity contribution in [2.45, 2.75) is 38.3 Å². The number of esters is 1. The number of phenolic OH excluding ortho intramolecular Hbond substituents is 1. The number of hydrogen-bond donors (Lipinski definition) is 2. The molecular weight excluding hydrogens is 370 g/mol. The Labute approximate surface area is 170 Å². The summed E-state index contributed by atoms with van der Waals surface area (Å²) < 4.78 is 10.3. The smallest absolute Gasteiger partial charge is 0.331 e. The van der Waals surface area contributed by atoms with Crippen molar-refractivity contribution in [3.05, 3.63) is 65.2 Å². The molecule has 29 heavy (non-hydrogen) atoms. The van der Waals surface area contributed by atoms with E-state index in [0.29, 0.717) is 11.3 Å². The maximum absolute atomic E-state index is 12.5. The average molecular weight is 395 g/mol. The molecule has 0 bridgehead atoms. The SMILES string of the molecule is COc1cc(/C=C/C(=O)O[C@H](C)C(=O)N[C@@H]2CCCc3ccccc32)ccc1O. The van der Waals surface area contributed by atoms with E-state index < -0.39 is 12.1 Å². The molecule has 3 rings (SSSR count). The van der Waals surface area contributed by atoms with E-state index in [4.69, 9.17) is 9.47 Å². The minimum absolute atomic E-state index is 0.0156. The molecule has 1 amide bonds. The maximum atomic E-state index is 12.5. The molecule has 2 aromatic carbocycles. The van der Waals surface area contributed by atoms with Crippen molar-refractivity contribution < 1.29 is 24.2 Å². The molecule has 2 atom stereocenters. The summed E-state index contributed by atoms with van der Waals surface area (Å²) in [4.78, 5) is 24.6. The minimum Gasteiger partial charge on any atom is -0.504 e. The van der Waals surface area contributed by atoms with Gasteiger partial charge in [0, 0.05) is 6.08 Å². The Hall–Kier alpha value is -3.28. The lowest BCUT2D eigenvalue weighted by Gasteiger charge is -2.27. The molecule has 0 aromatic heterocycles. The van der Waals surface area contributed by atoms with Gasteiger partial charge in [0.25, 0.3) is 5.91 Å². The number of hydrogen-bond acceptors (Lipinski definition) is 5. The van der Waals surface area contributed by atoms with Crippen molar-refractivity contribution in [3.63, 3.8) is 0 Å². The number of rotatable bonds is 6. The van der Waals surface area contributed by atoms with Crippen molar-refractivity contribution in [3.8, 4) is 11.5 Å². The Morgan fingerprint density at radius 3 is 2.83 bits per heavy atom. The van der Waals surface area contributed by atoms with Gasteiger partial charge in [-0.25, -0.2) is 4.79 Å². The Kier molecular flexibility index (Phi) is 6.54. The summed E-state index contributed by atoms with van der Waals surface area (Å²) in [5.74, 6) is -0.619. The number of ether oxygens (including phenoxy) is 2. The summed E-state index contributed by atoms with van der Waals surface area (Å²) in [6.45, 7) is 1.55. The zero-order valence-electron chi connectivity index (χ0n) is 16.6. The van der Waals surface area contributed by atoms with E-state index in [-0.39, 0.29) is 17.7 Å². The van der Waals surface area contributed by atoms with Gasteiger partial charge >= 0.3 is 5.97 Å². The fraction of sp³-hybridized carbons (Fsp3) is 0.304. The highest BCUT2D eigenvalue weighted by molar-refractivity contribution is 5.90. The monoisotopic (exact) mass is 395 g/mol. The normalized spacial score (nSPS) is 16.7. The average Bonchev–Trinajstić information content (AvgIpc) is 2.73. The van der Waals surface area contributed by atoms with Gasteiger partial charge < -0.3 is 19.9 Å². The molecule has 0 saturated carbocycles. The molecule has 0 fully saturated rings. The van der Waals surface area contributed by atoms with Gasteiger partial charge in [-0.2, -0.15) is 0 Å². The zero-order chi connectivity index (χ0) is 20.8. The van der Waals surface area contributed by atoms with E-state index in [9.17, 15) is 14.7 Å². The van der Waals surface area contributed by atoms with Crippen molar-refractivity contribution in [2.75, 3.05) is 7.11 Å². The van der Waals surface area contributed by atoms with Crippen LogP contribution in [-0.4, -0.2) is 30.2 Å². The van der Waals surface area contributed by atoms with Gasteiger partial charge in [0.15, 0.2) is 17.6 Å². The summed E-state index contributed by atoms with van der Waals surface area (Å²) in [6.07, 6.45) is 4.76. The van der Waals surface area contributed by atoms with E-state index >= 15 is 0 Å². The Morgan fingerprint density at radius 1 is 1.24 bits per heavy atom. The number of fused-ring (bicyclic) bond motifs is 1. The first-order valence-corrected chi connectivity index (χ1v) is 9.62. The van der Waals surface area contributed by atoms with Crippen LogP contribution in [-0.2, 0) is 20.7 Å². The first-order chi connectivity index (χ1) is 14.0. The molecule has 6 nitrogen and oxygen atoms in total. The molecular formula is C23H25NO5. The third-order valence-electron chi connectivity index (χ3n) is 4.96. The molecule has 6 heteroatoms. The van der Waals surface area contributed by atoms with Crippen molar-refractivity contribution in [2.24, 2.45) is 0 Å². The number of methoxy groups -OCH3 is 1. The third-order valence-corrected chi connectivity index (χ3v) is 4.96. The predicted molar refractivity (Wildman–Crippen MR) is 110 cm³/mol. The first kappa shape index (κ1) is 20.5. The van der Waals surface area contributed by atoms with Crippen LogP contribution in [0.4, 0.5) is 0 Å². The lowest BCUT2D eigenvalue weighted by Crippen LogP contribution is -2.39. The first-order valence-electron chi connectivity index (χ1n) is 9.62. The van der Waals surface area contributed by atoms with Crippen LogP contribution in [0, 0.1) is 0 Å². The lowest BCUT2D eigenvalue weighted by atomic mass is 9.87. The number of phenols is 1. The van der Waals surface area contributed by atoms with Gasteiger partial charge in [0.2, 0.25) is 0 Å². The van der Waals surface area contributed by atoms with E-state index in [1.165, 1.54) is 30.9 Å². The van der Waals surface area contributed by atoms with Gasteiger partial charge in [-0.15, -0.1) is 0 Å². The Bertz CT molecular complexity index is 921. The van der Waals surface area contributed by atoms with Gasteiger partial charge in [0.1, 0.15) is 0 Å². The number of aryl methyl sites for hydroxylation is 1. The van der Waals surface area contributed by atoms with Gasteiger partial charge in [-0.1, -0.05) is 30.3 Å². The summed E-state index contributed by atoms with van der Waals surface area (Å²) in [5.41, 5.74) is 3.04. The quantitative estimate of drug-likeness (QED) is 0.577. The standard InChI is InChI=1S/C23H25NO5/c1-15(23(27)24-19-9-5-7-17-6-3-4-8-18(17)19)29-22(26)13-11-16-10-12-20(25)21(14-16)28-2/h3-4,6,8,10-15,19,25H,5,7,9H2,1-2H3,(H,24,27)/b13-11+/t15-,19-/m1/s1. The third kappa shape index (κ3) is 5.16. The summed E-state index contributed by atoms with van der Waals surface area (Å²) >= 11 is 0. The zero-order valence-corrected chi connectivity index (χ0v) is 16.6. The molecule has 0 saturated heterocycles. The molecule has 2 aromatic rings. The molecule has 152 valence electrons. The van der Waals surface area contributed by atoms with Gasteiger partial charge in [0.05, 0.1) is 13.2 Å². The van der Waals surface area contributed by atoms with E-state index in [0.717, 1.165) is 24.8 Å². The van der Waals surface area contributed by atoms with E-state index in [1.54, 1.807) is 19.1 Å². The Balaban J connectivity index is 1.56. The Morgan fingerprint density at radius 2 is 2.03 bits per heavy atom. The van der Waals surface area contributed by atoms with Gasteiger partial charge in [-0.3, -0.25) is 4.79 Å². The summed E-state index contributed by atoms with van der Waals surface area (Å²) in [6, 6.07) is 12.7. The number of amides is 1. The van der Waals surface area contributed by atoms with Crippen LogP contribution in [0.25, 0.3) is 6.08 Å². The molecule has 1 aliphatic rings. The van der Waals surface area contributed by atoms with Crippen LogP contribution >= 0.6 is 0 Å². The second-order valence-electron chi connectivity index (χ2n) is 7.00. The number of nitrogens with one attached hydrogen (secondary N) is 1. The second kappa shape index (κ2) is 9.28. The number of benzene rings is 2. The van der Waals surface area contributed by atoms with Gasteiger partial charge in [-0.05, 0) is 61.1 Å². The van der Waals surface area contributed by atoms with Crippen LogP contribution in [0.3, 0.4) is 0 Å². The number of carbonyl (C=O) groups excluding carboxylic acids is 2. The van der Waals surface area contributed by atoms with Crippen molar-refractivity contribution in [1.29, 1.82) is 0 Å². The highest BCUT2D eigenvalue weighted by atomic mass is 16.5. The lowest BCUT2D eigenvalue weighted by molar-refractivity contribution is -0.150. The highest BCUT2D eigenvalue weighted by Crippen LogP contribution is 2.29. The van der Waals surface area contributed by atoms with E-state index in [1.807, 2.05) is 18.2 Å². The van der Waals surface area contributed by atoms with Crippen LogP contribution in [0.2, 0.25) is 0 Å². The molecule has 2 N–H and O–H groups in total. The topological polar surface area (TPSA) is 84.9 Å². The van der Waals surface area contributed by atoms with E-state index in [2.05, 4.69) is 11.4 Å². The number of aromatic hydroxyl groups is 1. The summed E-state index contributed by atoms with van der Waals surface area (Å²) in [7, 11) is 1.45. The predicted octanol–water partition coefficient (Wildman–Crippen LogP) is 3.54. The number of carbonyl (C=O) groups is 2. The van der Waals surface area contributed by atoms with Crippen LogP contribution in [0.1, 0.15) is 42.5 Å². The molecule has 0 heterocycles. The summed E-state index contributed by atoms with van der Waals surface area (Å²) in [5, 5.41) is 12.6. The molecule has 0 aliphatic heterocycles. The van der Waals surface area contributed by atoms with Crippen molar-refractivity contribution in [1.82, 2.24) is 5.32 Å². The minimum atomic E-state index is -0.907. The second-order valence-corrected chi connectivity index (χ2v) is 7.00. The fourth-order valence-electron chi connectivity index (χ4n) is 3.42. The largest absolute Gasteiger partial charge is 0.504 e. The molecule has 1 aliphatic carbocycles. The molecule has 0 radical (unpaired) electrons. The van der Waals surface area contributed by atoms with Crippen LogP contribution in [0.5, 0.6) is 11.5 Å². The molecule has 0 unspecified atom stereocenters. The van der Waals surface area contributed by atoms with Crippen molar-refractivity contribution >= 4 is 18.0 Å². The molecule has 0 spiro atoms. The fourth-order valence-corrected chi connectivity index (χ4v) is 3.42. The van der Waals surface area contributed by atoms with Crippen LogP contribution < -0.4 is 10.1 Å². The van der Waals surface area contributed by atoms with Crippen LogP contribution in [0.15, 0.2) is 48.5 Å². The maximum Gasteiger partial charge on any atom is 0.331 e. The highest BCUT2D eigenvalue weighted by Gasteiger charge is 2.24.